The Kier molecular flexibility index (Phi) is 4.50. The van der Waals surface area contributed by atoms with Crippen LogP contribution in [0, 0.1) is 6.92 Å². The van der Waals surface area contributed by atoms with E-state index in [0.717, 1.165) is 5.56 Å². The molecular formula is C13H18O3. The van der Waals surface area contributed by atoms with Crippen LogP contribution in [0.5, 0.6) is 0 Å². The zero-order valence-electron chi connectivity index (χ0n) is 9.93. The van der Waals surface area contributed by atoms with E-state index in [-0.39, 0.29) is 6.10 Å². The molecule has 0 aliphatic carbocycles. The molecule has 16 heavy (non-hydrogen) atoms. The Labute approximate surface area is 96.1 Å². The number of ether oxygens (including phenoxy) is 1. The number of rotatable bonds is 5. The van der Waals surface area contributed by atoms with E-state index in [1.165, 1.54) is 5.56 Å². The Balaban J connectivity index is 2.68. The van der Waals surface area contributed by atoms with Gasteiger partial charge in [-0.3, -0.25) is 0 Å². The van der Waals surface area contributed by atoms with Crippen LogP contribution >= 0.6 is 0 Å². The van der Waals surface area contributed by atoms with Crippen LogP contribution in [-0.4, -0.2) is 23.3 Å². The average Bonchev–Trinajstić information content (AvgIpc) is 2.19. The number of aryl methyl sites for hydroxylation is 1. The van der Waals surface area contributed by atoms with E-state index >= 15 is 0 Å². The van der Waals surface area contributed by atoms with Crippen LogP contribution in [0.25, 0.3) is 0 Å². The normalized spacial score (nSPS) is 12.8. The first-order valence-electron chi connectivity index (χ1n) is 5.43. The maximum Gasteiger partial charge on any atom is 0.333 e. The van der Waals surface area contributed by atoms with Crippen molar-refractivity contribution in [3.8, 4) is 0 Å². The lowest BCUT2D eigenvalue weighted by Gasteiger charge is -2.16. The highest BCUT2D eigenvalue weighted by Crippen LogP contribution is 2.10. The van der Waals surface area contributed by atoms with Crippen molar-refractivity contribution in [2.75, 3.05) is 0 Å². The monoisotopic (exact) mass is 222 g/mol. The topological polar surface area (TPSA) is 46.5 Å². The smallest absolute Gasteiger partial charge is 0.333 e. The van der Waals surface area contributed by atoms with Gasteiger partial charge in [0.1, 0.15) is 0 Å². The number of carboxylic acid groups (broad SMARTS) is 1. The maximum atomic E-state index is 11.0. The van der Waals surface area contributed by atoms with Gasteiger partial charge in [0.05, 0.1) is 6.10 Å². The predicted octanol–water partition coefficient (Wildman–Crippen LogP) is 2.42. The molecule has 0 saturated heterocycles. The van der Waals surface area contributed by atoms with E-state index in [4.69, 9.17) is 9.84 Å². The summed E-state index contributed by atoms with van der Waals surface area (Å²) in [6.45, 7) is 5.68. The van der Waals surface area contributed by atoms with Crippen molar-refractivity contribution in [2.24, 2.45) is 0 Å². The van der Waals surface area contributed by atoms with Crippen molar-refractivity contribution in [3.05, 3.63) is 35.4 Å². The Morgan fingerprint density at radius 3 is 2.31 bits per heavy atom. The summed E-state index contributed by atoms with van der Waals surface area (Å²) in [6, 6.07) is 7.83. The summed E-state index contributed by atoms with van der Waals surface area (Å²) in [4.78, 5) is 11.0. The Morgan fingerprint density at radius 2 is 1.88 bits per heavy atom. The Bertz CT molecular complexity index is 341. The van der Waals surface area contributed by atoms with Crippen molar-refractivity contribution >= 4 is 5.97 Å². The first-order chi connectivity index (χ1) is 7.49. The molecule has 0 spiro atoms. The molecule has 0 aliphatic heterocycles. The molecule has 0 aliphatic rings. The van der Waals surface area contributed by atoms with Crippen molar-refractivity contribution in [3.63, 3.8) is 0 Å². The highest BCUT2D eigenvalue weighted by Gasteiger charge is 2.19. The van der Waals surface area contributed by atoms with Gasteiger partial charge in [-0.1, -0.05) is 29.8 Å². The minimum absolute atomic E-state index is 0.0773. The summed E-state index contributed by atoms with van der Waals surface area (Å²) in [6.07, 6.45) is -0.428. The molecule has 1 N–H and O–H groups in total. The molecule has 1 aromatic carbocycles. The summed E-state index contributed by atoms with van der Waals surface area (Å²) >= 11 is 0. The molecule has 3 nitrogen and oxygen atoms in total. The maximum absolute atomic E-state index is 11.0. The summed E-state index contributed by atoms with van der Waals surface area (Å²) in [5, 5.41) is 9.01. The SMILES string of the molecule is Cc1ccc(CC(OC(C)C)C(=O)O)cc1. The van der Waals surface area contributed by atoms with Crippen molar-refractivity contribution in [1.29, 1.82) is 0 Å². The molecule has 0 heterocycles. The van der Waals surface area contributed by atoms with E-state index in [1.54, 1.807) is 0 Å². The molecule has 1 unspecified atom stereocenters. The lowest BCUT2D eigenvalue weighted by atomic mass is 10.1. The molecule has 0 aromatic heterocycles. The first kappa shape index (κ1) is 12.7. The molecule has 88 valence electrons. The molecule has 0 amide bonds. The molecule has 0 bridgehead atoms. The first-order valence-corrected chi connectivity index (χ1v) is 5.43. The number of hydrogen-bond donors (Lipinski definition) is 1. The number of aliphatic carboxylic acids is 1. The largest absolute Gasteiger partial charge is 0.479 e. The zero-order chi connectivity index (χ0) is 12.1. The van der Waals surface area contributed by atoms with Gasteiger partial charge in [0.15, 0.2) is 6.10 Å². The van der Waals surface area contributed by atoms with Gasteiger partial charge in [-0.05, 0) is 26.3 Å². The summed E-state index contributed by atoms with van der Waals surface area (Å²) < 4.78 is 5.35. The number of carbonyl (C=O) groups is 1. The molecule has 0 fully saturated rings. The second kappa shape index (κ2) is 5.66. The van der Waals surface area contributed by atoms with Gasteiger partial charge < -0.3 is 9.84 Å². The molecule has 1 aromatic rings. The Morgan fingerprint density at radius 1 is 1.31 bits per heavy atom. The van der Waals surface area contributed by atoms with E-state index < -0.39 is 12.1 Å². The quantitative estimate of drug-likeness (QED) is 0.832. The Hall–Kier alpha value is -1.35. The van der Waals surface area contributed by atoms with Crippen molar-refractivity contribution in [1.82, 2.24) is 0 Å². The molecule has 1 rings (SSSR count). The number of carboxylic acids is 1. The molecule has 1 atom stereocenters. The second-order valence-electron chi connectivity index (χ2n) is 4.20. The van der Waals surface area contributed by atoms with Gasteiger partial charge in [0.2, 0.25) is 0 Å². The van der Waals surface area contributed by atoms with Crippen LogP contribution in [0.2, 0.25) is 0 Å². The third-order valence-corrected chi connectivity index (χ3v) is 2.25. The van der Waals surface area contributed by atoms with Crippen LogP contribution in [-0.2, 0) is 16.0 Å². The van der Waals surface area contributed by atoms with E-state index in [9.17, 15) is 4.79 Å². The lowest BCUT2D eigenvalue weighted by Crippen LogP contribution is -2.29. The minimum Gasteiger partial charge on any atom is -0.479 e. The van der Waals surface area contributed by atoms with Gasteiger partial charge in [-0.2, -0.15) is 0 Å². The van der Waals surface area contributed by atoms with Crippen molar-refractivity contribution in [2.45, 2.75) is 39.4 Å². The van der Waals surface area contributed by atoms with E-state index in [1.807, 2.05) is 45.0 Å². The fraction of sp³-hybridized carbons (Fsp3) is 0.462. The molecule has 0 saturated carbocycles. The van der Waals surface area contributed by atoms with Crippen LogP contribution < -0.4 is 0 Å². The van der Waals surface area contributed by atoms with E-state index in [0.29, 0.717) is 6.42 Å². The summed E-state index contributed by atoms with van der Waals surface area (Å²) in [7, 11) is 0. The average molecular weight is 222 g/mol. The fourth-order valence-corrected chi connectivity index (χ4v) is 1.46. The van der Waals surface area contributed by atoms with Crippen LogP contribution in [0.15, 0.2) is 24.3 Å². The fourth-order valence-electron chi connectivity index (χ4n) is 1.46. The second-order valence-corrected chi connectivity index (χ2v) is 4.20. The molecule has 3 heteroatoms. The van der Waals surface area contributed by atoms with Crippen LogP contribution in [0.3, 0.4) is 0 Å². The van der Waals surface area contributed by atoms with Gasteiger partial charge in [0, 0.05) is 6.42 Å². The van der Waals surface area contributed by atoms with E-state index in [2.05, 4.69) is 0 Å². The summed E-state index contributed by atoms with van der Waals surface area (Å²) in [5.41, 5.74) is 2.15. The predicted molar refractivity (Wildman–Crippen MR) is 62.5 cm³/mol. The highest BCUT2D eigenvalue weighted by molar-refractivity contribution is 5.72. The third kappa shape index (κ3) is 4.03. The lowest BCUT2D eigenvalue weighted by molar-refractivity contribution is -0.153. The van der Waals surface area contributed by atoms with Gasteiger partial charge in [-0.25, -0.2) is 4.79 Å². The highest BCUT2D eigenvalue weighted by atomic mass is 16.5. The third-order valence-electron chi connectivity index (χ3n) is 2.25. The standard InChI is InChI=1S/C13H18O3/c1-9(2)16-12(13(14)15)8-11-6-4-10(3)5-7-11/h4-7,9,12H,8H2,1-3H3,(H,14,15). The van der Waals surface area contributed by atoms with Crippen LogP contribution in [0.4, 0.5) is 0 Å². The van der Waals surface area contributed by atoms with Crippen LogP contribution in [0.1, 0.15) is 25.0 Å². The van der Waals surface area contributed by atoms with Gasteiger partial charge in [-0.15, -0.1) is 0 Å². The number of hydrogen-bond acceptors (Lipinski definition) is 2. The number of benzene rings is 1. The van der Waals surface area contributed by atoms with Gasteiger partial charge >= 0.3 is 5.97 Å². The van der Waals surface area contributed by atoms with Crippen molar-refractivity contribution < 1.29 is 14.6 Å². The summed E-state index contributed by atoms with van der Waals surface area (Å²) in [5.74, 6) is -0.908. The zero-order valence-corrected chi connectivity index (χ0v) is 9.93. The molecular weight excluding hydrogens is 204 g/mol. The minimum atomic E-state index is -0.908. The van der Waals surface area contributed by atoms with Gasteiger partial charge in [0.25, 0.3) is 0 Å². The molecule has 0 radical (unpaired) electrons.